The van der Waals surface area contributed by atoms with Crippen LogP contribution in [0.2, 0.25) is 0 Å². The first-order valence-corrected chi connectivity index (χ1v) is 9.03. The summed E-state index contributed by atoms with van der Waals surface area (Å²) in [5.41, 5.74) is 1.39. The number of hydrogen-bond donors (Lipinski definition) is 0. The molecule has 0 saturated carbocycles. The minimum atomic E-state index is 0.477. The van der Waals surface area contributed by atoms with E-state index in [1.54, 1.807) is 0 Å². The Morgan fingerprint density at radius 1 is 1.18 bits per heavy atom. The molecule has 1 fully saturated rings. The van der Waals surface area contributed by atoms with E-state index in [0.717, 1.165) is 5.82 Å². The quantitative estimate of drug-likeness (QED) is 0.763. The van der Waals surface area contributed by atoms with Gasteiger partial charge in [0.25, 0.3) is 0 Å². The minimum absolute atomic E-state index is 0.477. The number of rotatable bonds is 6. The van der Waals surface area contributed by atoms with Crippen LogP contribution in [0.25, 0.3) is 0 Å². The van der Waals surface area contributed by atoms with Crippen molar-refractivity contribution in [2.45, 2.75) is 78.4 Å². The molecule has 1 atom stereocenters. The lowest BCUT2D eigenvalue weighted by atomic mass is 9.96. The van der Waals surface area contributed by atoms with Gasteiger partial charge in [-0.3, -0.25) is 4.90 Å². The summed E-state index contributed by atoms with van der Waals surface area (Å²) < 4.78 is 0. The Labute approximate surface area is 136 Å². The summed E-state index contributed by atoms with van der Waals surface area (Å²) in [6.07, 6.45) is 7.31. The third kappa shape index (κ3) is 4.01. The first-order valence-electron chi connectivity index (χ1n) is 9.03. The lowest BCUT2D eigenvalue weighted by Gasteiger charge is -2.36. The van der Waals surface area contributed by atoms with Crippen LogP contribution in [-0.2, 0) is 0 Å². The highest BCUT2D eigenvalue weighted by Crippen LogP contribution is 2.31. The topological polar surface area (TPSA) is 19.4 Å². The fourth-order valence-electron chi connectivity index (χ4n) is 3.80. The fourth-order valence-corrected chi connectivity index (χ4v) is 3.80. The molecule has 22 heavy (non-hydrogen) atoms. The molecule has 2 rings (SSSR count). The second-order valence-electron chi connectivity index (χ2n) is 7.09. The van der Waals surface area contributed by atoms with Crippen molar-refractivity contribution in [1.82, 2.24) is 9.88 Å². The Balaban J connectivity index is 2.16. The van der Waals surface area contributed by atoms with Crippen molar-refractivity contribution < 1.29 is 0 Å². The molecule has 0 amide bonds. The number of hydrogen-bond acceptors (Lipinski definition) is 3. The number of nitrogens with zero attached hydrogens (tertiary/aromatic N) is 3. The van der Waals surface area contributed by atoms with Crippen LogP contribution in [-0.4, -0.2) is 35.1 Å². The summed E-state index contributed by atoms with van der Waals surface area (Å²) in [7, 11) is 0. The number of aromatic nitrogens is 1. The lowest BCUT2D eigenvalue weighted by Crippen LogP contribution is -2.37. The Morgan fingerprint density at radius 2 is 1.91 bits per heavy atom. The maximum atomic E-state index is 4.79. The van der Waals surface area contributed by atoms with Gasteiger partial charge in [0.1, 0.15) is 5.82 Å². The van der Waals surface area contributed by atoms with Gasteiger partial charge < -0.3 is 4.90 Å². The van der Waals surface area contributed by atoms with Crippen LogP contribution in [0.4, 0.5) is 5.82 Å². The molecule has 124 valence electrons. The van der Waals surface area contributed by atoms with Crippen LogP contribution >= 0.6 is 0 Å². The van der Waals surface area contributed by atoms with Gasteiger partial charge in [-0.05, 0) is 71.7 Å². The normalized spacial score (nSPS) is 19.9. The molecule has 3 nitrogen and oxygen atoms in total. The zero-order chi connectivity index (χ0) is 16.1. The summed E-state index contributed by atoms with van der Waals surface area (Å²) in [6.45, 7) is 13.7. The predicted octanol–water partition coefficient (Wildman–Crippen LogP) is 4.64. The summed E-state index contributed by atoms with van der Waals surface area (Å²) in [5, 5.41) is 0. The Bertz CT molecular complexity index is 428. The molecule has 1 aromatic heterocycles. The van der Waals surface area contributed by atoms with Gasteiger partial charge >= 0.3 is 0 Å². The van der Waals surface area contributed by atoms with E-state index < -0.39 is 0 Å². The number of piperidine rings is 1. The van der Waals surface area contributed by atoms with Gasteiger partial charge in [0, 0.05) is 24.3 Å². The molecule has 0 unspecified atom stereocenters. The molecule has 2 heterocycles. The average Bonchev–Trinajstić information content (AvgIpc) is 2.48. The van der Waals surface area contributed by atoms with Crippen molar-refractivity contribution in [3.05, 3.63) is 23.9 Å². The molecule has 0 bridgehead atoms. The monoisotopic (exact) mass is 303 g/mol. The molecule has 0 aromatic carbocycles. The van der Waals surface area contributed by atoms with Gasteiger partial charge in [0.2, 0.25) is 0 Å². The molecule has 0 aliphatic carbocycles. The zero-order valence-electron chi connectivity index (χ0n) is 15.0. The van der Waals surface area contributed by atoms with Crippen LogP contribution < -0.4 is 4.90 Å². The largest absolute Gasteiger partial charge is 0.352 e. The van der Waals surface area contributed by atoms with Gasteiger partial charge in [0.05, 0.1) is 0 Å². The smallest absolute Gasteiger partial charge is 0.128 e. The van der Waals surface area contributed by atoms with Crippen molar-refractivity contribution in [3.63, 3.8) is 0 Å². The maximum Gasteiger partial charge on any atom is 0.128 e. The second kappa shape index (κ2) is 7.96. The molecule has 1 saturated heterocycles. The van der Waals surface area contributed by atoms with Crippen molar-refractivity contribution in [2.24, 2.45) is 0 Å². The SMILES string of the molecule is CCCN1CCCC[C@H]1c1ccc(N(C(C)C)C(C)C)nc1. The molecule has 0 spiro atoms. The number of likely N-dealkylation sites (tertiary alicyclic amines) is 1. The second-order valence-corrected chi connectivity index (χ2v) is 7.09. The van der Waals surface area contributed by atoms with Gasteiger partial charge in [-0.1, -0.05) is 19.4 Å². The maximum absolute atomic E-state index is 4.79. The zero-order valence-corrected chi connectivity index (χ0v) is 15.0. The summed E-state index contributed by atoms with van der Waals surface area (Å²) in [6, 6.07) is 6.04. The summed E-state index contributed by atoms with van der Waals surface area (Å²) >= 11 is 0. The Morgan fingerprint density at radius 3 is 2.45 bits per heavy atom. The van der Waals surface area contributed by atoms with E-state index in [9.17, 15) is 0 Å². The van der Waals surface area contributed by atoms with Crippen LogP contribution in [0.1, 0.15) is 71.9 Å². The van der Waals surface area contributed by atoms with Crippen molar-refractivity contribution in [1.29, 1.82) is 0 Å². The number of pyridine rings is 1. The van der Waals surface area contributed by atoms with E-state index in [4.69, 9.17) is 4.98 Å². The van der Waals surface area contributed by atoms with E-state index in [1.165, 1.54) is 44.3 Å². The molecule has 1 aromatic rings. The minimum Gasteiger partial charge on any atom is -0.352 e. The van der Waals surface area contributed by atoms with Gasteiger partial charge in [-0.15, -0.1) is 0 Å². The van der Waals surface area contributed by atoms with E-state index in [1.807, 2.05) is 0 Å². The van der Waals surface area contributed by atoms with Crippen molar-refractivity contribution in [3.8, 4) is 0 Å². The summed E-state index contributed by atoms with van der Waals surface area (Å²) in [5.74, 6) is 1.10. The average molecular weight is 303 g/mol. The third-order valence-corrected chi connectivity index (χ3v) is 4.66. The molecule has 1 aliphatic heterocycles. The first kappa shape index (κ1) is 17.3. The standard InChI is InChI=1S/C19H33N3/c1-6-12-21-13-8-7-9-18(21)17-10-11-19(20-14-17)22(15(2)3)16(4)5/h10-11,14-16,18H,6-9,12-13H2,1-5H3/t18-/m0/s1. The molecule has 0 radical (unpaired) electrons. The van der Waals surface area contributed by atoms with E-state index >= 15 is 0 Å². The van der Waals surface area contributed by atoms with Gasteiger partial charge in [-0.2, -0.15) is 0 Å². The molecular weight excluding hydrogens is 270 g/mol. The van der Waals surface area contributed by atoms with Crippen LogP contribution in [0.5, 0.6) is 0 Å². The van der Waals surface area contributed by atoms with E-state index in [-0.39, 0.29) is 0 Å². The van der Waals surface area contributed by atoms with Crippen molar-refractivity contribution in [2.75, 3.05) is 18.0 Å². The Kier molecular flexibility index (Phi) is 6.25. The van der Waals surface area contributed by atoms with E-state index in [0.29, 0.717) is 18.1 Å². The first-order chi connectivity index (χ1) is 10.5. The van der Waals surface area contributed by atoms with Crippen LogP contribution in [0, 0.1) is 0 Å². The molecule has 0 N–H and O–H groups in total. The van der Waals surface area contributed by atoms with Crippen LogP contribution in [0.3, 0.4) is 0 Å². The molecule has 1 aliphatic rings. The van der Waals surface area contributed by atoms with Gasteiger partial charge in [-0.25, -0.2) is 4.98 Å². The van der Waals surface area contributed by atoms with Gasteiger partial charge in [0.15, 0.2) is 0 Å². The highest BCUT2D eigenvalue weighted by molar-refractivity contribution is 5.41. The molecule has 3 heteroatoms. The summed E-state index contributed by atoms with van der Waals surface area (Å²) in [4.78, 5) is 9.82. The predicted molar refractivity (Wildman–Crippen MR) is 95.4 cm³/mol. The third-order valence-electron chi connectivity index (χ3n) is 4.66. The van der Waals surface area contributed by atoms with Crippen molar-refractivity contribution >= 4 is 5.82 Å². The van der Waals surface area contributed by atoms with E-state index in [2.05, 4.69) is 62.7 Å². The fraction of sp³-hybridized carbons (Fsp3) is 0.737. The Hall–Kier alpha value is -1.09. The molecular formula is C19H33N3. The number of anilines is 1. The highest BCUT2D eigenvalue weighted by atomic mass is 15.2. The van der Waals surface area contributed by atoms with Crippen LogP contribution in [0.15, 0.2) is 18.3 Å². The lowest BCUT2D eigenvalue weighted by molar-refractivity contribution is 0.149. The highest BCUT2D eigenvalue weighted by Gasteiger charge is 2.24.